The molecule has 2 aliphatic heterocycles. The largest absolute Gasteiger partial charge is 0.370 e. The predicted molar refractivity (Wildman–Crippen MR) is 85.6 cm³/mol. The topological polar surface area (TPSA) is 32.5 Å². The smallest absolute Gasteiger partial charge is 0.0426 e. The van der Waals surface area contributed by atoms with Crippen LogP contribution in [-0.4, -0.2) is 43.7 Å². The third-order valence-corrected chi connectivity index (χ3v) is 4.84. The Morgan fingerprint density at radius 3 is 2.90 bits per heavy atom. The number of rotatable bonds is 3. The molecule has 0 amide bonds. The molecule has 2 aliphatic rings. The minimum absolute atomic E-state index is 0.692. The maximum absolute atomic E-state index is 6.22. The quantitative estimate of drug-likeness (QED) is 0.929. The van der Waals surface area contributed by atoms with E-state index >= 15 is 0 Å². The number of anilines is 1. The van der Waals surface area contributed by atoms with Gasteiger partial charge in [0.05, 0.1) is 0 Å². The summed E-state index contributed by atoms with van der Waals surface area (Å²) in [6.07, 6.45) is 4.86. The van der Waals surface area contributed by atoms with Crippen molar-refractivity contribution in [3.63, 3.8) is 0 Å². The highest BCUT2D eigenvalue weighted by atomic mass is 35.5. The molecule has 2 saturated heterocycles. The highest BCUT2D eigenvalue weighted by molar-refractivity contribution is 6.30. The van der Waals surface area contributed by atoms with E-state index in [0.717, 1.165) is 30.6 Å². The lowest BCUT2D eigenvalue weighted by molar-refractivity contribution is 0.273. The molecule has 1 aromatic rings. The number of nitrogens with two attached hydrogens (primary N) is 1. The van der Waals surface area contributed by atoms with E-state index in [1.54, 1.807) is 0 Å². The monoisotopic (exact) mass is 293 g/mol. The Bertz CT molecular complexity index is 463. The first-order valence-electron chi connectivity index (χ1n) is 7.75. The third-order valence-electron chi connectivity index (χ3n) is 4.61. The molecule has 2 heterocycles. The molecule has 0 radical (unpaired) electrons. The number of fused-ring (bicyclic) bond motifs is 1. The molecule has 2 N–H and O–H groups in total. The Hall–Kier alpha value is -0.770. The summed E-state index contributed by atoms with van der Waals surface area (Å²) < 4.78 is 0. The van der Waals surface area contributed by atoms with Gasteiger partial charge in [0.15, 0.2) is 0 Å². The van der Waals surface area contributed by atoms with Crippen molar-refractivity contribution in [2.75, 3.05) is 37.6 Å². The van der Waals surface area contributed by atoms with Crippen LogP contribution in [0.3, 0.4) is 0 Å². The first kappa shape index (κ1) is 14.2. The van der Waals surface area contributed by atoms with E-state index in [1.165, 1.54) is 43.6 Å². The van der Waals surface area contributed by atoms with Crippen LogP contribution in [0.5, 0.6) is 0 Å². The molecule has 2 fully saturated rings. The SMILES string of the molecule is NCCc1ccc(Cl)cc1N1CCCN2CCCC2C1. The van der Waals surface area contributed by atoms with Crippen LogP contribution in [0.15, 0.2) is 18.2 Å². The lowest BCUT2D eigenvalue weighted by Crippen LogP contribution is -2.37. The van der Waals surface area contributed by atoms with Gasteiger partial charge < -0.3 is 10.6 Å². The standard InChI is InChI=1S/C16H24ClN3/c17-14-5-4-13(6-7-18)16(11-14)20-10-2-9-19-8-1-3-15(19)12-20/h4-5,11,15H,1-3,6-10,12,18H2. The molecule has 1 unspecified atom stereocenters. The molecule has 0 aromatic heterocycles. The molecule has 20 heavy (non-hydrogen) atoms. The minimum Gasteiger partial charge on any atom is -0.370 e. The van der Waals surface area contributed by atoms with Crippen LogP contribution in [-0.2, 0) is 6.42 Å². The van der Waals surface area contributed by atoms with Crippen LogP contribution in [0.2, 0.25) is 5.02 Å². The van der Waals surface area contributed by atoms with Crippen LogP contribution in [0.25, 0.3) is 0 Å². The van der Waals surface area contributed by atoms with E-state index in [1.807, 2.05) is 6.07 Å². The van der Waals surface area contributed by atoms with Gasteiger partial charge in [-0.2, -0.15) is 0 Å². The van der Waals surface area contributed by atoms with Gasteiger partial charge in [0.1, 0.15) is 0 Å². The molecule has 0 saturated carbocycles. The zero-order valence-electron chi connectivity index (χ0n) is 12.0. The van der Waals surface area contributed by atoms with Crippen LogP contribution >= 0.6 is 11.6 Å². The third kappa shape index (κ3) is 2.95. The Labute approximate surface area is 126 Å². The summed E-state index contributed by atoms with van der Waals surface area (Å²) in [7, 11) is 0. The van der Waals surface area contributed by atoms with Gasteiger partial charge in [-0.3, -0.25) is 4.90 Å². The molecule has 110 valence electrons. The molecule has 4 heteroatoms. The minimum atomic E-state index is 0.692. The summed E-state index contributed by atoms with van der Waals surface area (Å²) in [4.78, 5) is 5.19. The average Bonchev–Trinajstić information content (AvgIpc) is 2.78. The van der Waals surface area contributed by atoms with Crippen LogP contribution < -0.4 is 10.6 Å². The van der Waals surface area contributed by atoms with Crippen molar-refractivity contribution in [2.24, 2.45) is 5.73 Å². The summed E-state index contributed by atoms with van der Waals surface area (Å²) in [6, 6.07) is 6.97. The van der Waals surface area contributed by atoms with Crippen molar-refractivity contribution < 1.29 is 0 Å². The van der Waals surface area contributed by atoms with Gasteiger partial charge in [0, 0.05) is 36.4 Å². The fourth-order valence-electron chi connectivity index (χ4n) is 3.62. The van der Waals surface area contributed by atoms with E-state index in [9.17, 15) is 0 Å². The van der Waals surface area contributed by atoms with Crippen molar-refractivity contribution in [1.29, 1.82) is 0 Å². The lowest BCUT2D eigenvalue weighted by atomic mass is 10.1. The fraction of sp³-hybridized carbons (Fsp3) is 0.625. The Morgan fingerprint density at radius 1 is 1.20 bits per heavy atom. The second-order valence-electron chi connectivity index (χ2n) is 5.94. The molecule has 3 rings (SSSR count). The number of nitrogens with zero attached hydrogens (tertiary/aromatic N) is 2. The van der Waals surface area contributed by atoms with Gasteiger partial charge in [-0.15, -0.1) is 0 Å². The average molecular weight is 294 g/mol. The van der Waals surface area contributed by atoms with Gasteiger partial charge in [0.25, 0.3) is 0 Å². The zero-order chi connectivity index (χ0) is 13.9. The summed E-state index contributed by atoms with van der Waals surface area (Å²) in [6.45, 7) is 5.48. The van der Waals surface area contributed by atoms with Crippen molar-refractivity contribution >= 4 is 17.3 Å². The molecule has 0 bridgehead atoms. The Balaban J connectivity index is 1.85. The van der Waals surface area contributed by atoms with Gasteiger partial charge in [-0.1, -0.05) is 17.7 Å². The van der Waals surface area contributed by atoms with Gasteiger partial charge in [0.2, 0.25) is 0 Å². The first-order valence-corrected chi connectivity index (χ1v) is 8.13. The van der Waals surface area contributed by atoms with E-state index in [0.29, 0.717) is 6.54 Å². The highest BCUT2D eigenvalue weighted by Gasteiger charge is 2.29. The second-order valence-corrected chi connectivity index (χ2v) is 6.38. The van der Waals surface area contributed by atoms with Crippen LogP contribution in [0.1, 0.15) is 24.8 Å². The zero-order valence-corrected chi connectivity index (χ0v) is 12.8. The van der Waals surface area contributed by atoms with Crippen molar-refractivity contribution in [2.45, 2.75) is 31.7 Å². The number of hydrogen-bond acceptors (Lipinski definition) is 3. The van der Waals surface area contributed by atoms with Gasteiger partial charge >= 0.3 is 0 Å². The van der Waals surface area contributed by atoms with E-state index in [2.05, 4.69) is 21.9 Å². The maximum Gasteiger partial charge on any atom is 0.0426 e. The summed E-state index contributed by atoms with van der Waals surface area (Å²) >= 11 is 6.22. The van der Waals surface area contributed by atoms with Gasteiger partial charge in [-0.05, 0) is 56.5 Å². The van der Waals surface area contributed by atoms with E-state index in [4.69, 9.17) is 17.3 Å². The number of halogens is 1. The Morgan fingerprint density at radius 2 is 2.05 bits per heavy atom. The van der Waals surface area contributed by atoms with Crippen molar-refractivity contribution in [3.8, 4) is 0 Å². The number of benzene rings is 1. The van der Waals surface area contributed by atoms with Crippen molar-refractivity contribution in [3.05, 3.63) is 28.8 Å². The Kier molecular flexibility index (Phi) is 4.49. The lowest BCUT2D eigenvalue weighted by Gasteiger charge is -2.29. The van der Waals surface area contributed by atoms with E-state index < -0.39 is 0 Å². The summed E-state index contributed by atoms with van der Waals surface area (Å²) in [5.74, 6) is 0. The van der Waals surface area contributed by atoms with E-state index in [-0.39, 0.29) is 0 Å². The van der Waals surface area contributed by atoms with Crippen molar-refractivity contribution in [1.82, 2.24) is 4.90 Å². The van der Waals surface area contributed by atoms with Crippen LogP contribution in [0, 0.1) is 0 Å². The molecule has 0 spiro atoms. The highest BCUT2D eigenvalue weighted by Crippen LogP contribution is 2.29. The maximum atomic E-state index is 6.22. The number of hydrogen-bond donors (Lipinski definition) is 1. The molecular formula is C16H24ClN3. The van der Waals surface area contributed by atoms with Gasteiger partial charge in [-0.25, -0.2) is 0 Å². The summed E-state index contributed by atoms with van der Waals surface area (Å²) in [5.41, 5.74) is 8.39. The predicted octanol–water partition coefficient (Wildman–Crippen LogP) is 2.52. The second kappa shape index (κ2) is 6.33. The normalized spacial score (nSPS) is 23.7. The fourth-order valence-corrected chi connectivity index (χ4v) is 3.79. The molecule has 3 nitrogen and oxygen atoms in total. The molecular weight excluding hydrogens is 270 g/mol. The first-order chi connectivity index (χ1) is 9.78. The van der Waals surface area contributed by atoms with Crippen LogP contribution in [0.4, 0.5) is 5.69 Å². The molecule has 0 aliphatic carbocycles. The summed E-state index contributed by atoms with van der Waals surface area (Å²) in [5, 5.41) is 0.827. The molecule has 1 aromatic carbocycles. The molecule has 1 atom stereocenters.